The lowest BCUT2D eigenvalue weighted by molar-refractivity contribution is -0.143. The molecule has 3 N–H and O–H groups in total. The number of ether oxygens (including phenoxy) is 1. The molecule has 0 spiro atoms. The average Bonchev–Trinajstić information content (AvgIpc) is 3.41. The lowest BCUT2D eigenvalue weighted by Gasteiger charge is -2.22. The summed E-state index contributed by atoms with van der Waals surface area (Å²) >= 11 is 0. The third-order valence-corrected chi connectivity index (χ3v) is 15.7. The zero-order valence-corrected chi connectivity index (χ0v) is 50.5. The molecule has 1 amide bonds. The Morgan fingerprint density at radius 3 is 1.05 bits per heavy atom. The van der Waals surface area contributed by atoms with E-state index in [1.165, 1.54) is 276 Å². The van der Waals surface area contributed by atoms with Crippen molar-refractivity contribution in [3.63, 3.8) is 0 Å². The van der Waals surface area contributed by atoms with Gasteiger partial charge in [0.1, 0.15) is 0 Å². The van der Waals surface area contributed by atoms with Crippen molar-refractivity contribution >= 4 is 11.9 Å². The molecule has 2 unspecified atom stereocenters. The summed E-state index contributed by atoms with van der Waals surface area (Å²) in [7, 11) is 0. The molecule has 6 nitrogen and oxygen atoms in total. The van der Waals surface area contributed by atoms with Crippen LogP contribution in [0.3, 0.4) is 0 Å². The van der Waals surface area contributed by atoms with Crippen LogP contribution in [0.5, 0.6) is 0 Å². The summed E-state index contributed by atoms with van der Waals surface area (Å²) in [6.07, 6.45) is 81.7. The number of carbonyl (C=O) groups excluding carboxylic acids is 2. The second-order valence-corrected chi connectivity index (χ2v) is 23.1. The number of unbranched alkanes of at least 4 members (excludes halogenated alkanes) is 46. The molecule has 0 aliphatic carbocycles. The molecule has 0 heterocycles. The number of aliphatic hydroxyl groups is 2. The lowest BCUT2D eigenvalue weighted by atomic mass is 10.0. The van der Waals surface area contributed by atoms with Crippen molar-refractivity contribution in [1.82, 2.24) is 5.32 Å². The molecule has 0 fully saturated rings. The van der Waals surface area contributed by atoms with Crippen LogP contribution >= 0.6 is 0 Å². The van der Waals surface area contributed by atoms with Crippen LogP contribution in [-0.2, 0) is 14.3 Å². The van der Waals surface area contributed by atoms with Gasteiger partial charge < -0.3 is 20.3 Å². The molecule has 75 heavy (non-hydrogen) atoms. The van der Waals surface area contributed by atoms with Gasteiger partial charge in [-0.2, -0.15) is 0 Å². The Balaban J connectivity index is 3.44. The van der Waals surface area contributed by atoms with Gasteiger partial charge in [-0.25, -0.2) is 0 Å². The van der Waals surface area contributed by atoms with Crippen LogP contribution in [0.15, 0.2) is 36.5 Å². The summed E-state index contributed by atoms with van der Waals surface area (Å²) in [6, 6.07) is -0.551. The highest BCUT2D eigenvalue weighted by Gasteiger charge is 2.20. The van der Waals surface area contributed by atoms with Crippen molar-refractivity contribution in [3.8, 4) is 0 Å². The normalized spacial score (nSPS) is 12.7. The maximum absolute atomic E-state index is 12.5. The van der Waals surface area contributed by atoms with Crippen LogP contribution in [-0.4, -0.2) is 47.4 Å². The van der Waals surface area contributed by atoms with Crippen molar-refractivity contribution in [1.29, 1.82) is 0 Å². The van der Waals surface area contributed by atoms with E-state index in [0.717, 1.165) is 57.8 Å². The molecule has 0 aromatic heterocycles. The predicted octanol–water partition coefficient (Wildman–Crippen LogP) is 21.5. The first kappa shape index (κ1) is 73.1. The average molecular weight is 1050 g/mol. The Morgan fingerprint density at radius 2 is 0.667 bits per heavy atom. The molecule has 0 aromatic rings. The number of amides is 1. The topological polar surface area (TPSA) is 95.9 Å². The van der Waals surface area contributed by atoms with Crippen LogP contribution in [0.1, 0.15) is 367 Å². The molecule has 442 valence electrons. The zero-order chi connectivity index (χ0) is 54.3. The highest BCUT2D eigenvalue weighted by atomic mass is 16.5. The van der Waals surface area contributed by atoms with Gasteiger partial charge in [0, 0.05) is 12.8 Å². The van der Waals surface area contributed by atoms with Gasteiger partial charge in [-0.1, -0.05) is 307 Å². The number of allylic oxidation sites excluding steroid dienone is 6. The molecule has 0 saturated carbocycles. The summed E-state index contributed by atoms with van der Waals surface area (Å²) in [5, 5.41) is 23.4. The number of esters is 1. The zero-order valence-electron chi connectivity index (χ0n) is 50.5. The SMILES string of the molecule is CCCCC/C=C\C/C=C\CCCCCCCC(=O)OCCCCCCCCCC/C=C\CCCCCCCCCC(=O)NC(CO)C(O)CCCCCCCCCCCCCCCCCCCCCCCCCC. The molecule has 0 aliphatic rings. The van der Waals surface area contributed by atoms with Gasteiger partial charge in [0.25, 0.3) is 0 Å². The first-order chi connectivity index (χ1) is 37.0. The van der Waals surface area contributed by atoms with Gasteiger partial charge >= 0.3 is 5.97 Å². The molecular weight excluding hydrogens is 923 g/mol. The lowest BCUT2D eigenvalue weighted by Crippen LogP contribution is -2.45. The van der Waals surface area contributed by atoms with E-state index in [1.54, 1.807) is 0 Å². The van der Waals surface area contributed by atoms with E-state index in [2.05, 4.69) is 55.6 Å². The van der Waals surface area contributed by atoms with E-state index in [4.69, 9.17) is 4.74 Å². The minimum absolute atomic E-state index is 0.00942. The van der Waals surface area contributed by atoms with Crippen molar-refractivity contribution in [3.05, 3.63) is 36.5 Å². The van der Waals surface area contributed by atoms with Crippen LogP contribution in [0.4, 0.5) is 0 Å². The Hall–Kier alpha value is -1.92. The van der Waals surface area contributed by atoms with E-state index in [0.29, 0.717) is 25.9 Å². The number of carbonyl (C=O) groups is 2. The van der Waals surface area contributed by atoms with Crippen LogP contribution in [0, 0.1) is 0 Å². The largest absolute Gasteiger partial charge is 0.466 e. The summed E-state index contributed by atoms with van der Waals surface area (Å²) in [5.41, 5.74) is 0. The van der Waals surface area contributed by atoms with Crippen molar-refractivity contribution < 1.29 is 24.5 Å². The first-order valence-electron chi connectivity index (χ1n) is 33.7. The van der Waals surface area contributed by atoms with Gasteiger partial charge in [0.2, 0.25) is 5.91 Å². The van der Waals surface area contributed by atoms with Gasteiger partial charge in [-0.15, -0.1) is 0 Å². The molecule has 0 aromatic carbocycles. The van der Waals surface area contributed by atoms with E-state index < -0.39 is 12.1 Å². The van der Waals surface area contributed by atoms with Gasteiger partial charge in [0.05, 0.1) is 25.4 Å². The highest BCUT2D eigenvalue weighted by molar-refractivity contribution is 5.76. The Kier molecular flexibility index (Phi) is 63.0. The Morgan fingerprint density at radius 1 is 0.373 bits per heavy atom. The number of hydrogen-bond donors (Lipinski definition) is 3. The van der Waals surface area contributed by atoms with Crippen LogP contribution in [0.2, 0.25) is 0 Å². The second-order valence-electron chi connectivity index (χ2n) is 23.1. The number of rotatable bonds is 63. The molecule has 0 rings (SSSR count). The molecule has 2 atom stereocenters. The third-order valence-electron chi connectivity index (χ3n) is 15.7. The molecule has 0 aliphatic heterocycles. The van der Waals surface area contributed by atoms with E-state index in [9.17, 15) is 19.8 Å². The molecule has 0 bridgehead atoms. The first-order valence-corrected chi connectivity index (χ1v) is 33.7. The van der Waals surface area contributed by atoms with Crippen molar-refractivity contribution in [2.75, 3.05) is 13.2 Å². The van der Waals surface area contributed by atoms with Crippen LogP contribution < -0.4 is 5.32 Å². The Labute approximate surface area is 468 Å². The molecule has 0 radical (unpaired) electrons. The quantitative estimate of drug-likeness (QED) is 0.0320. The molecular formula is C69H131NO5. The minimum atomic E-state index is -0.673. The monoisotopic (exact) mass is 1050 g/mol. The molecule has 0 saturated heterocycles. The summed E-state index contributed by atoms with van der Waals surface area (Å²) in [4.78, 5) is 24.6. The van der Waals surface area contributed by atoms with E-state index >= 15 is 0 Å². The fourth-order valence-corrected chi connectivity index (χ4v) is 10.5. The molecule has 6 heteroatoms. The third kappa shape index (κ3) is 61.2. The van der Waals surface area contributed by atoms with E-state index in [1.807, 2.05) is 0 Å². The van der Waals surface area contributed by atoms with Crippen molar-refractivity contribution in [2.24, 2.45) is 0 Å². The summed E-state index contributed by atoms with van der Waals surface area (Å²) in [6.45, 7) is 4.93. The summed E-state index contributed by atoms with van der Waals surface area (Å²) < 4.78 is 5.47. The number of hydrogen-bond acceptors (Lipinski definition) is 5. The fourth-order valence-electron chi connectivity index (χ4n) is 10.5. The number of nitrogens with one attached hydrogen (secondary N) is 1. The standard InChI is InChI=1S/C69H131NO5/c1-3-5-7-9-11-13-15-17-19-20-21-22-23-24-25-27-30-34-37-41-45-49-53-57-61-67(72)66(65-71)70-68(73)62-58-54-50-46-42-38-35-31-28-26-29-32-36-40-44-48-52-56-60-64-75-69(74)63-59-55-51-47-43-39-33-18-16-14-12-10-8-6-4-2/h12,14,18,26,28,33,66-67,71-72H,3-11,13,15-17,19-25,27,29-32,34-65H2,1-2H3,(H,70,73)/b14-12-,28-26-,33-18-. The van der Waals surface area contributed by atoms with Gasteiger partial charge in [-0.3, -0.25) is 9.59 Å². The van der Waals surface area contributed by atoms with Gasteiger partial charge in [-0.05, 0) is 83.5 Å². The predicted molar refractivity (Wildman–Crippen MR) is 329 cm³/mol. The Bertz CT molecular complexity index is 1210. The maximum atomic E-state index is 12.5. The van der Waals surface area contributed by atoms with Crippen molar-refractivity contribution in [2.45, 2.75) is 379 Å². The smallest absolute Gasteiger partial charge is 0.305 e. The van der Waals surface area contributed by atoms with Gasteiger partial charge in [0.15, 0.2) is 0 Å². The van der Waals surface area contributed by atoms with E-state index in [-0.39, 0.29) is 18.5 Å². The highest BCUT2D eigenvalue weighted by Crippen LogP contribution is 2.18. The van der Waals surface area contributed by atoms with Crippen LogP contribution in [0.25, 0.3) is 0 Å². The number of aliphatic hydroxyl groups excluding tert-OH is 2. The summed E-state index contributed by atoms with van der Waals surface area (Å²) in [5.74, 6) is -0.0507. The fraction of sp³-hybridized carbons (Fsp3) is 0.884. The second kappa shape index (κ2) is 64.6. The minimum Gasteiger partial charge on any atom is -0.466 e. The maximum Gasteiger partial charge on any atom is 0.305 e.